The van der Waals surface area contributed by atoms with Crippen molar-refractivity contribution >= 4 is 35.1 Å². The van der Waals surface area contributed by atoms with E-state index in [-0.39, 0.29) is 22.7 Å². The number of aromatic nitrogens is 1. The lowest BCUT2D eigenvalue weighted by Crippen LogP contribution is -2.33. The summed E-state index contributed by atoms with van der Waals surface area (Å²) in [6, 6.07) is 1.57. The quantitative estimate of drug-likeness (QED) is 0.630. The summed E-state index contributed by atoms with van der Waals surface area (Å²) in [6.07, 6.45) is 0.637. The van der Waals surface area contributed by atoms with Crippen LogP contribution in [0.2, 0.25) is 10.2 Å². The number of carbonyl (C=O) groups excluding carboxylic acids is 1. The summed E-state index contributed by atoms with van der Waals surface area (Å²) in [5.74, 6) is -0.236. The number of rotatable bonds is 3. The molecule has 0 aliphatic carbocycles. The van der Waals surface area contributed by atoms with E-state index in [9.17, 15) is 4.79 Å². The maximum absolute atomic E-state index is 11.6. The number of likely N-dealkylation sites (N-methyl/N-ethyl adjacent to an activating group) is 1. The minimum atomic E-state index is -0.829. The summed E-state index contributed by atoms with van der Waals surface area (Å²) in [7, 11) is 1.59. The van der Waals surface area contributed by atoms with E-state index in [4.69, 9.17) is 32.8 Å². The number of carbonyl (C=O) groups is 1. The first-order chi connectivity index (χ1) is 9.02. The molecule has 0 bridgehead atoms. The average molecular weight is 304 g/mol. The number of pyridine rings is 1. The largest absolute Gasteiger partial charge is 0.463 e. The highest BCUT2D eigenvalue weighted by Gasteiger charge is 2.33. The van der Waals surface area contributed by atoms with E-state index in [0.29, 0.717) is 5.56 Å². The maximum atomic E-state index is 11.6. The zero-order chi connectivity index (χ0) is 14.0. The third kappa shape index (κ3) is 2.97. The molecule has 1 unspecified atom stereocenters. The SMILES string of the molecule is CCOC(=O)C1N=C(c2cnc(Cl)c(Cl)c2)ON1C. The molecule has 2 heterocycles. The smallest absolute Gasteiger partial charge is 0.349 e. The number of hydrogen-bond acceptors (Lipinski definition) is 6. The van der Waals surface area contributed by atoms with Crippen molar-refractivity contribution in [3.63, 3.8) is 0 Å². The minimum Gasteiger partial charge on any atom is -0.463 e. The fourth-order valence-electron chi connectivity index (χ4n) is 1.49. The predicted molar refractivity (Wildman–Crippen MR) is 70.1 cm³/mol. The van der Waals surface area contributed by atoms with Crippen LogP contribution in [0.15, 0.2) is 17.3 Å². The molecule has 1 aromatic heterocycles. The van der Waals surface area contributed by atoms with Crippen molar-refractivity contribution in [2.24, 2.45) is 4.99 Å². The Morgan fingerprint density at radius 2 is 2.32 bits per heavy atom. The monoisotopic (exact) mass is 303 g/mol. The Morgan fingerprint density at radius 1 is 1.58 bits per heavy atom. The van der Waals surface area contributed by atoms with Crippen molar-refractivity contribution < 1.29 is 14.4 Å². The Balaban J connectivity index is 2.24. The predicted octanol–water partition coefficient (Wildman–Crippen LogP) is 1.90. The lowest BCUT2D eigenvalue weighted by atomic mass is 10.3. The van der Waals surface area contributed by atoms with Crippen LogP contribution in [-0.4, -0.2) is 41.7 Å². The summed E-state index contributed by atoms with van der Waals surface area (Å²) in [5.41, 5.74) is 0.535. The summed E-state index contributed by atoms with van der Waals surface area (Å²) in [5, 5.41) is 1.78. The van der Waals surface area contributed by atoms with Gasteiger partial charge in [0.05, 0.1) is 17.2 Å². The number of hydrogen-bond donors (Lipinski definition) is 0. The maximum Gasteiger partial charge on any atom is 0.349 e. The summed E-state index contributed by atoms with van der Waals surface area (Å²) in [6.45, 7) is 2.00. The standard InChI is InChI=1S/C11H11Cl2N3O3/c1-3-18-11(17)9-15-10(19-16(9)2)6-4-7(12)8(13)14-5-6/h4-5,9H,3H2,1-2H3. The topological polar surface area (TPSA) is 64.0 Å². The van der Waals surface area contributed by atoms with Crippen molar-refractivity contribution in [2.45, 2.75) is 13.1 Å². The van der Waals surface area contributed by atoms with Gasteiger partial charge in [-0.3, -0.25) is 0 Å². The van der Waals surface area contributed by atoms with Crippen molar-refractivity contribution in [2.75, 3.05) is 13.7 Å². The summed E-state index contributed by atoms with van der Waals surface area (Å²) >= 11 is 11.6. The second-order valence-corrected chi connectivity index (χ2v) is 4.46. The molecule has 2 rings (SSSR count). The first-order valence-corrected chi connectivity index (χ1v) is 6.25. The van der Waals surface area contributed by atoms with Crippen molar-refractivity contribution in [1.29, 1.82) is 0 Å². The van der Waals surface area contributed by atoms with E-state index in [2.05, 4.69) is 9.98 Å². The van der Waals surface area contributed by atoms with Gasteiger partial charge in [-0.2, -0.15) is 0 Å². The molecule has 8 heteroatoms. The van der Waals surface area contributed by atoms with Gasteiger partial charge in [-0.05, 0) is 13.0 Å². The highest BCUT2D eigenvalue weighted by molar-refractivity contribution is 6.41. The van der Waals surface area contributed by atoms with Crippen LogP contribution in [0.3, 0.4) is 0 Å². The average Bonchev–Trinajstić information content (AvgIpc) is 2.75. The van der Waals surface area contributed by atoms with Crippen LogP contribution in [-0.2, 0) is 14.4 Å². The summed E-state index contributed by atoms with van der Waals surface area (Å²) < 4.78 is 4.89. The molecule has 0 amide bonds. The molecule has 0 fully saturated rings. The molecule has 1 atom stereocenters. The molecule has 6 nitrogen and oxygen atoms in total. The Hall–Kier alpha value is -1.37. The van der Waals surface area contributed by atoms with E-state index >= 15 is 0 Å². The molecule has 1 aliphatic rings. The Kier molecular flexibility index (Phi) is 4.24. The number of nitrogens with zero attached hydrogens (tertiary/aromatic N) is 3. The van der Waals surface area contributed by atoms with Gasteiger partial charge in [0, 0.05) is 13.2 Å². The Labute approximate surface area is 119 Å². The highest BCUT2D eigenvalue weighted by atomic mass is 35.5. The molecule has 19 heavy (non-hydrogen) atoms. The molecule has 0 aromatic carbocycles. The third-order valence-electron chi connectivity index (χ3n) is 2.36. The highest BCUT2D eigenvalue weighted by Crippen LogP contribution is 2.23. The normalized spacial score (nSPS) is 18.9. The number of esters is 1. The van der Waals surface area contributed by atoms with Crippen molar-refractivity contribution in [3.8, 4) is 0 Å². The lowest BCUT2D eigenvalue weighted by Gasteiger charge is -2.14. The molecule has 1 aromatic rings. The van der Waals surface area contributed by atoms with Gasteiger partial charge in [0.2, 0.25) is 12.1 Å². The Morgan fingerprint density at radius 3 is 2.95 bits per heavy atom. The molecule has 0 radical (unpaired) electrons. The molecular weight excluding hydrogens is 293 g/mol. The second kappa shape index (κ2) is 5.73. The number of hydroxylamine groups is 2. The molecule has 0 saturated heterocycles. The number of halogens is 2. The first kappa shape index (κ1) is 14.0. The van der Waals surface area contributed by atoms with Gasteiger partial charge in [0.25, 0.3) is 0 Å². The first-order valence-electron chi connectivity index (χ1n) is 5.49. The van der Waals surface area contributed by atoms with E-state index in [1.807, 2.05) is 0 Å². The molecule has 0 N–H and O–H groups in total. The van der Waals surface area contributed by atoms with Gasteiger partial charge in [0.15, 0.2) is 0 Å². The number of ether oxygens (including phenoxy) is 1. The molecule has 0 spiro atoms. The van der Waals surface area contributed by atoms with Crippen LogP contribution < -0.4 is 0 Å². The fourth-order valence-corrected chi connectivity index (χ4v) is 1.76. The zero-order valence-corrected chi connectivity index (χ0v) is 11.8. The van der Waals surface area contributed by atoms with E-state index in [1.54, 1.807) is 20.0 Å². The van der Waals surface area contributed by atoms with Gasteiger partial charge < -0.3 is 9.57 Å². The van der Waals surface area contributed by atoms with Crippen molar-refractivity contribution in [3.05, 3.63) is 28.0 Å². The van der Waals surface area contributed by atoms with Crippen LogP contribution in [0.25, 0.3) is 0 Å². The molecule has 102 valence electrons. The van der Waals surface area contributed by atoms with Gasteiger partial charge in [-0.15, -0.1) is 5.06 Å². The lowest BCUT2D eigenvalue weighted by molar-refractivity contribution is -0.158. The van der Waals surface area contributed by atoms with Crippen LogP contribution in [0.5, 0.6) is 0 Å². The second-order valence-electron chi connectivity index (χ2n) is 3.69. The van der Waals surface area contributed by atoms with Crippen LogP contribution in [0, 0.1) is 0 Å². The fraction of sp³-hybridized carbons (Fsp3) is 0.364. The van der Waals surface area contributed by atoms with Gasteiger partial charge >= 0.3 is 5.97 Å². The van der Waals surface area contributed by atoms with E-state index in [0.717, 1.165) is 0 Å². The molecule has 1 aliphatic heterocycles. The van der Waals surface area contributed by atoms with Crippen LogP contribution in [0.1, 0.15) is 12.5 Å². The van der Waals surface area contributed by atoms with E-state index in [1.165, 1.54) is 11.3 Å². The molecular formula is C11H11Cl2N3O3. The van der Waals surface area contributed by atoms with Crippen LogP contribution >= 0.6 is 23.2 Å². The zero-order valence-electron chi connectivity index (χ0n) is 10.3. The third-order valence-corrected chi connectivity index (χ3v) is 3.04. The summed E-state index contributed by atoms with van der Waals surface area (Å²) in [4.78, 5) is 25.0. The van der Waals surface area contributed by atoms with Gasteiger partial charge in [-0.25, -0.2) is 14.8 Å². The van der Waals surface area contributed by atoms with Gasteiger partial charge in [0.1, 0.15) is 5.15 Å². The minimum absolute atomic E-state index is 0.194. The Bertz CT molecular complexity index is 536. The van der Waals surface area contributed by atoms with Gasteiger partial charge in [-0.1, -0.05) is 23.2 Å². The van der Waals surface area contributed by atoms with E-state index < -0.39 is 12.1 Å². The van der Waals surface area contributed by atoms with Crippen molar-refractivity contribution in [1.82, 2.24) is 10.0 Å². The number of aliphatic imine (C=N–C) groups is 1. The molecule has 0 saturated carbocycles. The van der Waals surface area contributed by atoms with Crippen LogP contribution in [0.4, 0.5) is 0 Å².